The summed E-state index contributed by atoms with van der Waals surface area (Å²) in [6, 6.07) is 0. The number of hydrogen-bond acceptors (Lipinski definition) is 4. The lowest BCUT2D eigenvalue weighted by molar-refractivity contribution is 0.0291. The topological polar surface area (TPSA) is 76.5 Å². The third kappa shape index (κ3) is 3.14. The number of nitrogens with zero attached hydrogens (tertiary/aromatic N) is 3. The SMILES string of the molecule is C=CCNC(=O)c1nc(C(=O)N2CCOCC2)n2c1CCCC2. The Hall–Kier alpha value is -2.15. The standard InChI is InChI=1S/C16H22N4O3/c1-2-6-17-15(21)13-12-5-3-4-7-20(12)14(18-13)16(22)19-8-10-23-11-9-19/h2H,1,3-11H2,(H,17,21). The van der Waals surface area contributed by atoms with Crippen LogP contribution in [0.2, 0.25) is 0 Å². The average Bonchev–Trinajstić information content (AvgIpc) is 2.99. The van der Waals surface area contributed by atoms with E-state index in [1.807, 2.05) is 4.57 Å². The molecule has 2 aliphatic rings. The molecule has 3 rings (SSSR count). The monoisotopic (exact) mass is 318 g/mol. The second-order valence-corrected chi connectivity index (χ2v) is 5.74. The summed E-state index contributed by atoms with van der Waals surface area (Å²) in [7, 11) is 0. The van der Waals surface area contributed by atoms with E-state index in [9.17, 15) is 9.59 Å². The van der Waals surface area contributed by atoms with Crippen LogP contribution in [0.1, 0.15) is 39.6 Å². The maximum atomic E-state index is 12.8. The summed E-state index contributed by atoms with van der Waals surface area (Å²) < 4.78 is 7.21. The quantitative estimate of drug-likeness (QED) is 0.825. The van der Waals surface area contributed by atoms with Gasteiger partial charge in [0.2, 0.25) is 0 Å². The largest absolute Gasteiger partial charge is 0.378 e. The Morgan fingerprint density at radius 3 is 2.78 bits per heavy atom. The highest BCUT2D eigenvalue weighted by atomic mass is 16.5. The van der Waals surface area contributed by atoms with Gasteiger partial charge in [-0.15, -0.1) is 6.58 Å². The maximum Gasteiger partial charge on any atom is 0.290 e. The molecular weight excluding hydrogens is 296 g/mol. The zero-order valence-corrected chi connectivity index (χ0v) is 13.2. The van der Waals surface area contributed by atoms with Gasteiger partial charge >= 0.3 is 0 Å². The molecule has 124 valence electrons. The van der Waals surface area contributed by atoms with Crippen LogP contribution in [-0.2, 0) is 17.7 Å². The molecule has 0 bridgehead atoms. The first-order valence-electron chi connectivity index (χ1n) is 8.08. The Bertz CT molecular complexity index is 617. The van der Waals surface area contributed by atoms with Crippen molar-refractivity contribution in [3.05, 3.63) is 29.9 Å². The fourth-order valence-electron chi connectivity index (χ4n) is 3.04. The van der Waals surface area contributed by atoms with E-state index in [1.54, 1.807) is 11.0 Å². The summed E-state index contributed by atoms with van der Waals surface area (Å²) in [6.07, 6.45) is 4.42. The Labute approximate surface area is 135 Å². The van der Waals surface area contributed by atoms with Gasteiger partial charge in [0.25, 0.3) is 11.8 Å². The molecule has 1 saturated heterocycles. The number of carbonyl (C=O) groups excluding carboxylic acids is 2. The van der Waals surface area contributed by atoms with Crippen LogP contribution in [0.15, 0.2) is 12.7 Å². The van der Waals surface area contributed by atoms with Crippen molar-refractivity contribution >= 4 is 11.8 Å². The van der Waals surface area contributed by atoms with Crippen molar-refractivity contribution in [3.8, 4) is 0 Å². The van der Waals surface area contributed by atoms with Crippen LogP contribution in [0.4, 0.5) is 0 Å². The van der Waals surface area contributed by atoms with E-state index in [4.69, 9.17) is 4.74 Å². The van der Waals surface area contributed by atoms with Crippen molar-refractivity contribution in [2.75, 3.05) is 32.8 Å². The summed E-state index contributed by atoms with van der Waals surface area (Å²) in [4.78, 5) is 31.2. The Balaban J connectivity index is 1.90. The minimum Gasteiger partial charge on any atom is -0.378 e. The van der Waals surface area contributed by atoms with Gasteiger partial charge in [-0.1, -0.05) is 6.08 Å². The molecule has 0 aromatic carbocycles. The van der Waals surface area contributed by atoms with Gasteiger partial charge in [-0.05, 0) is 19.3 Å². The van der Waals surface area contributed by atoms with Crippen LogP contribution < -0.4 is 5.32 Å². The minimum absolute atomic E-state index is 0.112. The fourth-order valence-corrected chi connectivity index (χ4v) is 3.04. The number of rotatable bonds is 4. The molecule has 23 heavy (non-hydrogen) atoms. The van der Waals surface area contributed by atoms with Crippen LogP contribution in [-0.4, -0.2) is 59.1 Å². The molecule has 2 amide bonds. The van der Waals surface area contributed by atoms with Crippen LogP contribution >= 0.6 is 0 Å². The van der Waals surface area contributed by atoms with Crippen LogP contribution in [0.5, 0.6) is 0 Å². The number of imidazole rings is 1. The highest BCUT2D eigenvalue weighted by Crippen LogP contribution is 2.22. The Kier molecular flexibility index (Phi) is 4.76. The summed E-state index contributed by atoms with van der Waals surface area (Å²) in [5.41, 5.74) is 1.25. The minimum atomic E-state index is -0.239. The first kappa shape index (κ1) is 15.7. The van der Waals surface area contributed by atoms with E-state index in [0.29, 0.717) is 44.4 Å². The van der Waals surface area contributed by atoms with Gasteiger partial charge in [0.05, 0.1) is 18.9 Å². The van der Waals surface area contributed by atoms with Crippen molar-refractivity contribution in [2.45, 2.75) is 25.8 Å². The van der Waals surface area contributed by atoms with Gasteiger partial charge in [0, 0.05) is 26.2 Å². The summed E-state index contributed by atoms with van der Waals surface area (Å²) in [6.45, 7) is 6.95. The van der Waals surface area contributed by atoms with Crippen LogP contribution in [0, 0.1) is 0 Å². The second kappa shape index (κ2) is 6.95. The van der Waals surface area contributed by atoms with Gasteiger partial charge < -0.3 is 19.5 Å². The third-order valence-corrected chi connectivity index (χ3v) is 4.23. The average molecular weight is 318 g/mol. The lowest BCUT2D eigenvalue weighted by Crippen LogP contribution is -2.42. The zero-order chi connectivity index (χ0) is 16.2. The van der Waals surface area contributed by atoms with E-state index >= 15 is 0 Å². The normalized spacial score (nSPS) is 17.5. The first-order valence-corrected chi connectivity index (χ1v) is 8.08. The highest BCUT2D eigenvalue weighted by Gasteiger charge is 2.30. The number of hydrogen-bond donors (Lipinski definition) is 1. The van der Waals surface area contributed by atoms with E-state index in [1.165, 1.54) is 0 Å². The molecule has 1 aromatic heterocycles. The molecule has 3 heterocycles. The highest BCUT2D eigenvalue weighted by molar-refractivity contribution is 5.97. The molecule has 7 nitrogen and oxygen atoms in total. The van der Waals surface area contributed by atoms with Gasteiger partial charge in [0.1, 0.15) is 5.69 Å². The smallest absolute Gasteiger partial charge is 0.290 e. The molecule has 1 aromatic rings. The zero-order valence-electron chi connectivity index (χ0n) is 13.2. The molecule has 1 fully saturated rings. The van der Waals surface area contributed by atoms with Crippen LogP contribution in [0.3, 0.4) is 0 Å². The van der Waals surface area contributed by atoms with Crippen molar-refractivity contribution in [3.63, 3.8) is 0 Å². The number of ether oxygens (including phenoxy) is 1. The predicted octanol–water partition coefficient (Wildman–Crippen LogP) is 0.608. The maximum absolute atomic E-state index is 12.8. The lowest BCUT2D eigenvalue weighted by Gasteiger charge is -2.27. The molecule has 1 N–H and O–H groups in total. The van der Waals surface area contributed by atoms with Crippen LogP contribution in [0.25, 0.3) is 0 Å². The number of morpholine rings is 1. The molecule has 0 aliphatic carbocycles. The van der Waals surface area contributed by atoms with Crippen molar-refractivity contribution in [1.82, 2.24) is 19.8 Å². The summed E-state index contributed by atoms with van der Waals surface area (Å²) in [5.74, 6) is 0.0288. The number of carbonyl (C=O) groups is 2. The first-order chi connectivity index (χ1) is 11.2. The molecule has 0 spiro atoms. The molecule has 0 unspecified atom stereocenters. The van der Waals surface area contributed by atoms with Gasteiger partial charge in [0.15, 0.2) is 5.82 Å². The van der Waals surface area contributed by atoms with E-state index in [2.05, 4.69) is 16.9 Å². The number of amides is 2. The Morgan fingerprint density at radius 1 is 1.26 bits per heavy atom. The number of nitrogens with one attached hydrogen (secondary N) is 1. The molecule has 7 heteroatoms. The van der Waals surface area contributed by atoms with Gasteiger partial charge in [-0.2, -0.15) is 0 Å². The predicted molar refractivity (Wildman–Crippen MR) is 84.4 cm³/mol. The number of aromatic nitrogens is 2. The molecule has 2 aliphatic heterocycles. The van der Waals surface area contributed by atoms with Gasteiger partial charge in [-0.25, -0.2) is 4.98 Å². The molecular formula is C16H22N4O3. The van der Waals surface area contributed by atoms with E-state index in [-0.39, 0.29) is 11.8 Å². The third-order valence-electron chi connectivity index (χ3n) is 4.23. The van der Waals surface area contributed by atoms with Crippen molar-refractivity contribution < 1.29 is 14.3 Å². The van der Waals surface area contributed by atoms with E-state index < -0.39 is 0 Å². The van der Waals surface area contributed by atoms with E-state index in [0.717, 1.165) is 31.5 Å². The summed E-state index contributed by atoms with van der Waals surface area (Å²) >= 11 is 0. The second-order valence-electron chi connectivity index (χ2n) is 5.74. The fraction of sp³-hybridized carbons (Fsp3) is 0.562. The van der Waals surface area contributed by atoms with Crippen molar-refractivity contribution in [2.24, 2.45) is 0 Å². The van der Waals surface area contributed by atoms with Crippen molar-refractivity contribution in [1.29, 1.82) is 0 Å². The molecule has 0 radical (unpaired) electrons. The molecule has 0 saturated carbocycles. The molecule has 0 atom stereocenters. The lowest BCUT2D eigenvalue weighted by atomic mass is 10.1. The number of fused-ring (bicyclic) bond motifs is 1. The Morgan fingerprint density at radius 2 is 2.04 bits per heavy atom. The van der Waals surface area contributed by atoms with Gasteiger partial charge in [-0.3, -0.25) is 9.59 Å². The summed E-state index contributed by atoms with van der Waals surface area (Å²) in [5, 5.41) is 2.75.